The van der Waals surface area contributed by atoms with Crippen LogP contribution in [0.25, 0.3) is 16.9 Å². The molecule has 2 aromatic carbocycles. The minimum absolute atomic E-state index is 0.601. The molecule has 1 unspecified atom stereocenters. The Morgan fingerprint density at radius 1 is 1.00 bits per heavy atom. The molecule has 3 rings (SSSR count). The van der Waals surface area contributed by atoms with E-state index in [4.69, 9.17) is 5.14 Å². The summed E-state index contributed by atoms with van der Waals surface area (Å²) in [7, 11) is -1.46. The topological polar surface area (TPSA) is 60.9 Å². The molecule has 3 aromatic rings. The molecule has 0 spiro atoms. The van der Waals surface area contributed by atoms with Crippen LogP contribution < -0.4 is 5.14 Å². The van der Waals surface area contributed by atoms with Crippen molar-refractivity contribution in [1.29, 1.82) is 0 Å². The highest BCUT2D eigenvalue weighted by molar-refractivity contribution is 7.82. The Kier molecular flexibility index (Phi) is 3.92. The first kappa shape index (κ1) is 14.7. The van der Waals surface area contributed by atoms with Gasteiger partial charge in [0.25, 0.3) is 0 Å². The van der Waals surface area contributed by atoms with Gasteiger partial charge in [-0.25, -0.2) is 14.0 Å². The first-order chi connectivity index (χ1) is 10.5. The lowest BCUT2D eigenvalue weighted by Gasteiger charge is -2.08. The summed E-state index contributed by atoms with van der Waals surface area (Å²) in [5, 5.41) is 9.96. The van der Waals surface area contributed by atoms with Crippen LogP contribution in [-0.4, -0.2) is 14.0 Å². The van der Waals surface area contributed by atoms with E-state index in [0.717, 1.165) is 22.6 Å². The molecule has 0 aliphatic rings. The standard InChI is InChI=1S/C17H17N3OS/c1-12-3-5-14(6-4-12)17-11-13(2)19-20(17)15-7-9-16(10-8-15)22(18)21/h3-11H,18H2,1-2H3. The van der Waals surface area contributed by atoms with E-state index in [1.807, 2.05) is 23.7 Å². The molecule has 0 saturated heterocycles. The van der Waals surface area contributed by atoms with Crippen LogP contribution in [0.15, 0.2) is 59.5 Å². The molecular formula is C17H17N3OS. The molecule has 0 fully saturated rings. The summed E-state index contributed by atoms with van der Waals surface area (Å²) in [5.41, 5.74) is 5.22. The molecule has 5 heteroatoms. The van der Waals surface area contributed by atoms with E-state index >= 15 is 0 Å². The Balaban J connectivity index is 2.07. The predicted molar refractivity (Wildman–Crippen MR) is 89.1 cm³/mol. The molecule has 1 heterocycles. The minimum atomic E-state index is -1.46. The largest absolute Gasteiger partial charge is 0.248 e. The maximum Gasteiger partial charge on any atom is 0.122 e. The van der Waals surface area contributed by atoms with Gasteiger partial charge in [-0.15, -0.1) is 0 Å². The van der Waals surface area contributed by atoms with E-state index in [1.165, 1.54) is 5.56 Å². The summed E-state index contributed by atoms with van der Waals surface area (Å²) in [5.74, 6) is 0. The van der Waals surface area contributed by atoms with Crippen LogP contribution in [0.4, 0.5) is 0 Å². The summed E-state index contributed by atoms with van der Waals surface area (Å²) in [6.07, 6.45) is 0. The Labute approximate surface area is 132 Å². The van der Waals surface area contributed by atoms with Crippen molar-refractivity contribution >= 4 is 11.0 Å². The number of hydrogen-bond acceptors (Lipinski definition) is 2. The van der Waals surface area contributed by atoms with Crippen molar-refractivity contribution in [3.63, 3.8) is 0 Å². The van der Waals surface area contributed by atoms with Gasteiger partial charge in [-0.2, -0.15) is 5.10 Å². The van der Waals surface area contributed by atoms with Crippen molar-refractivity contribution < 1.29 is 4.21 Å². The van der Waals surface area contributed by atoms with E-state index in [1.54, 1.807) is 12.1 Å². The van der Waals surface area contributed by atoms with Gasteiger partial charge in [-0.05, 0) is 44.2 Å². The highest BCUT2D eigenvalue weighted by atomic mass is 32.2. The molecule has 2 N–H and O–H groups in total. The molecule has 1 aromatic heterocycles. The van der Waals surface area contributed by atoms with Crippen LogP contribution in [0.3, 0.4) is 0 Å². The van der Waals surface area contributed by atoms with Gasteiger partial charge >= 0.3 is 0 Å². The van der Waals surface area contributed by atoms with Crippen molar-refractivity contribution in [2.75, 3.05) is 0 Å². The highest BCUT2D eigenvalue weighted by Gasteiger charge is 2.10. The predicted octanol–water partition coefficient (Wildman–Crippen LogP) is 3.14. The monoisotopic (exact) mass is 311 g/mol. The zero-order valence-electron chi connectivity index (χ0n) is 12.5. The van der Waals surface area contributed by atoms with Crippen LogP contribution in [0.2, 0.25) is 0 Å². The second kappa shape index (κ2) is 5.87. The van der Waals surface area contributed by atoms with Crippen LogP contribution in [0, 0.1) is 13.8 Å². The molecule has 0 radical (unpaired) electrons. The first-order valence-corrected chi connectivity index (χ1v) is 8.16. The van der Waals surface area contributed by atoms with Crippen molar-refractivity contribution in [3.8, 4) is 16.9 Å². The van der Waals surface area contributed by atoms with Crippen molar-refractivity contribution in [2.24, 2.45) is 5.14 Å². The molecule has 22 heavy (non-hydrogen) atoms. The molecule has 1 atom stereocenters. The Hall–Kier alpha value is -2.24. The average Bonchev–Trinajstić information content (AvgIpc) is 2.90. The van der Waals surface area contributed by atoms with Gasteiger partial charge in [0.2, 0.25) is 0 Å². The van der Waals surface area contributed by atoms with Crippen LogP contribution >= 0.6 is 0 Å². The molecule has 0 saturated carbocycles. The fraction of sp³-hybridized carbons (Fsp3) is 0.118. The van der Waals surface area contributed by atoms with E-state index in [9.17, 15) is 4.21 Å². The zero-order chi connectivity index (χ0) is 15.7. The number of hydrogen-bond donors (Lipinski definition) is 1. The lowest BCUT2D eigenvalue weighted by Crippen LogP contribution is -2.04. The van der Waals surface area contributed by atoms with Gasteiger partial charge in [0, 0.05) is 5.56 Å². The second-order valence-electron chi connectivity index (χ2n) is 5.24. The van der Waals surface area contributed by atoms with E-state index in [2.05, 4.69) is 42.4 Å². The Morgan fingerprint density at radius 2 is 1.64 bits per heavy atom. The third-order valence-electron chi connectivity index (χ3n) is 3.49. The van der Waals surface area contributed by atoms with Crippen LogP contribution in [-0.2, 0) is 11.0 Å². The number of benzene rings is 2. The summed E-state index contributed by atoms with van der Waals surface area (Å²) < 4.78 is 13.2. The maximum absolute atomic E-state index is 11.3. The van der Waals surface area contributed by atoms with E-state index in [-0.39, 0.29) is 0 Å². The number of aryl methyl sites for hydroxylation is 2. The number of aromatic nitrogens is 2. The fourth-order valence-corrected chi connectivity index (χ4v) is 2.75. The summed E-state index contributed by atoms with van der Waals surface area (Å²) in [6, 6.07) is 17.7. The van der Waals surface area contributed by atoms with E-state index in [0.29, 0.717) is 4.90 Å². The van der Waals surface area contributed by atoms with Gasteiger partial charge in [-0.1, -0.05) is 29.8 Å². The number of rotatable bonds is 3. The first-order valence-electron chi connectivity index (χ1n) is 6.95. The third kappa shape index (κ3) is 2.86. The lowest BCUT2D eigenvalue weighted by molar-refractivity contribution is 0.684. The lowest BCUT2D eigenvalue weighted by atomic mass is 10.1. The van der Waals surface area contributed by atoms with Gasteiger partial charge in [0.1, 0.15) is 11.0 Å². The molecule has 0 bridgehead atoms. The summed E-state index contributed by atoms with van der Waals surface area (Å²) in [4.78, 5) is 0.601. The van der Waals surface area contributed by atoms with Gasteiger partial charge in [-0.3, -0.25) is 0 Å². The number of nitrogens with two attached hydrogens (primary N) is 1. The maximum atomic E-state index is 11.3. The fourth-order valence-electron chi connectivity index (χ4n) is 2.35. The summed E-state index contributed by atoms with van der Waals surface area (Å²) in [6.45, 7) is 4.04. The average molecular weight is 311 g/mol. The summed E-state index contributed by atoms with van der Waals surface area (Å²) >= 11 is 0. The van der Waals surface area contributed by atoms with Gasteiger partial charge in [0.05, 0.1) is 22.0 Å². The van der Waals surface area contributed by atoms with E-state index < -0.39 is 11.0 Å². The second-order valence-corrected chi connectivity index (χ2v) is 6.31. The third-order valence-corrected chi connectivity index (χ3v) is 4.23. The molecule has 0 aliphatic heterocycles. The molecule has 112 valence electrons. The van der Waals surface area contributed by atoms with Crippen LogP contribution in [0.1, 0.15) is 11.3 Å². The van der Waals surface area contributed by atoms with Gasteiger partial charge in [0.15, 0.2) is 0 Å². The quantitative estimate of drug-likeness (QED) is 0.808. The Morgan fingerprint density at radius 3 is 2.23 bits per heavy atom. The molecule has 4 nitrogen and oxygen atoms in total. The Bertz CT molecular complexity index is 820. The van der Waals surface area contributed by atoms with Gasteiger partial charge < -0.3 is 0 Å². The molecule has 0 amide bonds. The van der Waals surface area contributed by atoms with Crippen molar-refractivity contribution in [3.05, 3.63) is 65.9 Å². The zero-order valence-corrected chi connectivity index (χ0v) is 13.3. The minimum Gasteiger partial charge on any atom is -0.248 e. The molecular weight excluding hydrogens is 294 g/mol. The highest BCUT2D eigenvalue weighted by Crippen LogP contribution is 2.24. The van der Waals surface area contributed by atoms with Crippen molar-refractivity contribution in [1.82, 2.24) is 9.78 Å². The SMILES string of the molecule is Cc1ccc(-c2cc(C)nn2-c2ccc(S(N)=O)cc2)cc1. The van der Waals surface area contributed by atoms with Crippen LogP contribution in [0.5, 0.6) is 0 Å². The van der Waals surface area contributed by atoms with Crippen molar-refractivity contribution in [2.45, 2.75) is 18.7 Å². The number of nitrogens with zero attached hydrogens (tertiary/aromatic N) is 2. The molecule has 0 aliphatic carbocycles. The smallest absolute Gasteiger partial charge is 0.122 e. The normalized spacial score (nSPS) is 12.3.